The Hall–Kier alpha value is -3.30. The molecule has 2 N–H and O–H groups in total. The summed E-state index contributed by atoms with van der Waals surface area (Å²) in [4.78, 5) is 26.8. The summed E-state index contributed by atoms with van der Waals surface area (Å²) in [6.45, 7) is -0.439. The van der Waals surface area contributed by atoms with E-state index in [0.717, 1.165) is 10.9 Å². The van der Waals surface area contributed by atoms with Crippen molar-refractivity contribution < 1.29 is 14.3 Å². The van der Waals surface area contributed by atoms with Gasteiger partial charge in [0.2, 0.25) is 0 Å². The van der Waals surface area contributed by atoms with Crippen molar-refractivity contribution >= 4 is 40.1 Å². The van der Waals surface area contributed by atoms with Gasteiger partial charge in [-0.3, -0.25) is 4.79 Å². The fourth-order valence-electron chi connectivity index (χ4n) is 2.27. The zero-order valence-electron chi connectivity index (χ0n) is 12.9. The number of aromatic nitrogens is 1. The lowest BCUT2D eigenvalue weighted by atomic mass is 10.2. The third-order valence-corrected chi connectivity index (χ3v) is 3.77. The molecule has 0 aliphatic rings. The minimum atomic E-state index is -0.621. The molecule has 25 heavy (non-hydrogen) atoms. The van der Waals surface area contributed by atoms with Crippen molar-refractivity contribution in [3.05, 3.63) is 64.8 Å². The predicted molar refractivity (Wildman–Crippen MR) is 93.4 cm³/mol. The second-order valence-corrected chi connectivity index (χ2v) is 5.61. The van der Waals surface area contributed by atoms with Gasteiger partial charge in [-0.15, -0.1) is 0 Å². The molecule has 0 bridgehead atoms. The number of carbonyl (C=O) groups is 2. The molecule has 0 atom stereocenters. The number of benzene rings is 2. The molecule has 0 saturated heterocycles. The summed E-state index contributed by atoms with van der Waals surface area (Å²) < 4.78 is 5.00. The van der Waals surface area contributed by atoms with Crippen molar-refractivity contribution in [2.45, 2.75) is 0 Å². The number of rotatable bonds is 4. The highest BCUT2D eigenvalue weighted by Gasteiger charge is 2.13. The summed E-state index contributed by atoms with van der Waals surface area (Å²) in [5.74, 6) is -1.13. The Morgan fingerprint density at radius 1 is 1.20 bits per heavy atom. The molecular weight excluding hydrogens is 342 g/mol. The molecule has 6 nitrogen and oxygen atoms in total. The number of nitrogens with zero attached hydrogens (tertiary/aromatic N) is 1. The Morgan fingerprint density at radius 2 is 2.00 bits per heavy atom. The van der Waals surface area contributed by atoms with Crippen LogP contribution in [0.2, 0.25) is 5.02 Å². The van der Waals surface area contributed by atoms with E-state index in [1.165, 1.54) is 12.1 Å². The lowest BCUT2D eigenvalue weighted by molar-refractivity contribution is -0.119. The van der Waals surface area contributed by atoms with Gasteiger partial charge in [-0.1, -0.05) is 29.8 Å². The maximum Gasteiger partial charge on any atom is 0.355 e. The van der Waals surface area contributed by atoms with Gasteiger partial charge >= 0.3 is 5.97 Å². The number of anilines is 1. The summed E-state index contributed by atoms with van der Waals surface area (Å²) in [5, 5.41) is 12.5. The van der Waals surface area contributed by atoms with Crippen LogP contribution in [0, 0.1) is 11.3 Å². The fourth-order valence-corrected chi connectivity index (χ4v) is 2.50. The van der Waals surface area contributed by atoms with E-state index < -0.39 is 18.5 Å². The number of amides is 1. The molecule has 1 aromatic heterocycles. The van der Waals surface area contributed by atoms with Crippen LogP contribution in [0.4, 0.5) is 5.69 Å². The van der Waals surface area contributed by atoms with E-state index in [4.69, 9.17) is 21.6 Å². The number of esters is 1. The number of nitriles is 1. The molecule has 3 rings (SSSR count). The van der Waals surface area contributed by atoms with Crippen molar-refractivity contribution in [2.75, 3.05) is 11.9 Å². The zero-order valence-corrected chi connectivity index (χ0v) is 13.6. The van der Waals surface area contributed by atoms with Gasteiger partial charge in [-0.25, -0.2) is 4.79 Å². The Morgan fingerprint density at radius 3 is 2.72 bits per heavy atom. The molecule has 0 radical (unpaired) electrons. The van der Waals surface area contributed by atoms with Gasteiger partial charge in [-0.05, 0) is 30.3 Å². The normalized spacial score (nSPS) is 10.2. The number of aromatic amines is 1. The quantitative estimate of drug-likeness (QED) is 0.702. The van der Waals surface area contributed by atoms with Crippen LogP contribution in [-0.4, -0.2) is 23.5 Å². The number of ether oxygens (including phenoxy) is 1. The number of hydrogen-bond acceptors (Lipinski definition) is 4. The molecule has 0 unspecified atom stereocenters. The SMILES string of the molecule is N#Cc1ccc(NC(=O)COC(=O)c2cc3ccccc3[nH]2)cc1Cl. The van der Waals surface area contributed by atoms with Crippen LogP contribution in [0.5, 0.6) is 0 Å². The third-order valence-electron chi connectivity index (χ3n) is 3.46. The molecule has 0 spiro atoms. The van der Waals surface area contributed by atoms with Crippen molar-refractivity contribution in [1.82, 2.24) is 4.98 Å². The van der Waals surface area contributed by atoms with Crippen molar-refractivity contribution in [3.63, 3.8) is 0 Å². The lowest BCUT2D eigenvalue weighted by Crippen LogP contribution is -2.21. The van der Waals surface area contributed by atoms with Crippen LogP contribution in [0.3, 0.4) is 0 Å². The van der Waals surface area contributed by atoms with Crippen LogP contribution in [0.1, 0.15) is 16.1 Å². The molecule has 3 aromatic rings. The third kappa shape index (κ3) is 3.79. The summed E-state index contributed by atoms with van der Waals surface area (Å²) in [7, 11) is 0. The average molecular weight is 354 g/mol. The van der Waals surface area contributed by atoms with Crippen LogP contribution in [0.15, 0.2) is 48.5 Å². The maximum absolute atomic E-state index is 12.0. The standard InChI is InChI=1S/C18H12ClN3O3/c19-14-8-13(6-5-12(14)9-20)21-17(23)10-25-18(24)16-7-11-3-1-2-4-15(11)22-16/h1-8,22H,10H2,(H,21,23). The molecule has 1 amide bonds. The maximum atomic E-state index is 12.0. The number of para-hydroxylation sites is 1. The van der Waals surface area contributed by atoms with Gasteiger partial charge in [0.1, 0.15) is 11.8 Å². The second-order valence-electron chi connectivity index (χ2n) is 5.20. The van der Waals surface area contributed by atoms with Crippen molar-refractivity contribution in [2.24, 2.45) is 0 Å². The Bertz CT molecular complexity index is 971. The van der Waals surface area contributed by atoms with E-state index in [1.54, 1.807) is 12.1 Å². The zero-order chi connectivity index (χ0) is 17.8. The smallest absolute Gasteiger partial charge is 0.355 e. The topological polar surface area (TPSA) is 95.0 Å². The van der Waals surface area contributed by atoms with Crippen molar-refractivity contribution in [3.8, 4) is 6.07 Å². The van der Waals surface area contributed by atoms with Gasteiger partial charge in [0.05, 0.1) is 10.6 Å². The van der Waals surface area contributed by atoms with Crippen molar-refractivity contribution in [1.29, 1.82) is 5.26 Å². The molecular formula is C18H12ClN3O3. The van der Waals surface area contributed by atoms with E-state index >= 15 is 0 Å². The van der Waals surface area contributed by atoms with E-state index in [9.17, 15) is 9.59 Å². The molecule has 124 valence electrons. The Balaban J connectivity index is 1.59. The van der Waals surface area contributed by atoms with Crippen LogP contribution in [-0.2, 0) is 9.53 Å². The first kappa shape index (κ1) is 16.6. The second kappa shape index (κ2) is 7.07. The first-order valence-electron chi connectivity index (χ1n) is 7.31. The predicted octanol–water partition coefficient (Wildman–Crippen LogP) is 3.49. The van der Waals surface area contributed by atoms with E-state index in [1.807, 2.05) is 30.3 Å². The van der Waals surface area contributed by atoms with Gasteiger partial charge in [0.25, 0.3) is 5.91 Å². The molecule has 1 heterocycles. The van der Waals surface area contributed by atoms with Crippen LogP contribution >= 0.6 is 11.6 Å². The summed E-state index contributed by atoms with van der Waals surface area (Å²) in [6.07, 6.45) is 0. The minimum absolute atomic E-state index is 0.232. The molecule has 0 aliphatic heterocycles. The first-order valence-corrected chi connectivity index (χ1v) is 7.69. The van der Waals surface area contributed by atoms with Crippen LogP contribution < -0.4 is 5.32 Å². The molecule has 7 heteroatoms. The Labute approximate surface area is 148 Å². The fraction of sp³-hybridized carbons (Fsp3) is 0.0556. The van der Waals surface area contributed by atoms with Gasteiger partial charge in [0.15, 0.2) is 6.61 Å². The number of fused-ring (bicyclic) bond motifs is 1. The average Bonchev–Trinajstić information content (AvgIpc) is 3.04. The highest BCUT2D eigenvalue weighted by atomic mass is 35.5. The number of hydrogen-bond donors (Lipinski definition) is 2. The number of H-pyrrole nitrogens is 1. The van der Waals surface area contributed by atoms with E-state index in [2.05, 4.69) is 10.3 Å². The van der Waals surface area contributed by atoms with Crippen LogP contribution in [0.25, 0.3) is 10.9 Å². The van der Waals surface area contributed by atoms with Gasteiger partial charge < -0.3 is 15.0 Å². The minimum Gasteiger partial charge on any atom is -0.451 e. The van der Waals surface area contributed by atoms with Gasteiger partial charge in [0, 0.05) is 16.6 Å². The first-order chi connectivity index (χ1) is 12.1. The monoisotopic (exact) mass is 353 g/mol. The molecule has 0 aliphatic carbocycles. The number of halogens is 1. The van der Waals surface area contributed by atoms with E-state index in [0.29, 0.717) is 11.3 Å². The Kier molecular flexibility index (Phi) is 4.68. The summed E-state index contributed by atoms with van der Waals surface area (Å²) in [5.41, 5.74) is 1.81. The van der Waals surface area contributed by atoms with Gasteiger partial charge in [-0.2, -0.15) is 5.26 Å². The van der Waals surface area contributed by atoms with E-state index in [-0.39, 0.29) is 10.7 Å². The highest BCUT2D eigenvalue weighted by molar-refractivity contribution is 6.32. The highest BCUT2D eigenvalue weighted by Crippen LogP contribution is 2.20. The molecule has 2 aromatic carbocycles. The summed E-state index contributed by atoms with van der Waals surface area (Å²) in [6, 6.07) is 15.5. The molecule has 0 fully saturated rings. The molecule has 0 saturated carbocycles. The number of carbonyl (C=O) groups excluding carboxylic acids is 2. The number of nitrogens with one attached hydrogen (secondary N) is 2. The largest absolute Gasteiger partial charge is 0.451 e. The summed E-state index contributed by atoms with van der Waals surface area (Å²) >= 11 is 5.90. The lowest BCUT2D eigenvalue weighted by Gasteiger charge is -2.07.